The number of amides is 7. The van der Waals surface area contributed by atoms with Crippen molar-refractivity contribution < 1.29 is 43.0 Å². The fraction of sp³-hybridized carbons (Fsp3) is 0.328. The molecule has 5 aromatic carbocycles. The molecule has 0 aliphatic carbocycles. The van der Waals surface area contributed by atoms with Crippen LogP contribution in [0.2, 0.25) is 0 Å². The number of nitrogens with two attached hydrogens (primary N) is 2. The molecule has 2 saturated heterocycles. The van der Waals surface area contributed by atoms with E-state index in [9.17, 15) is 34.2 Å². The highest BCUT2D eigenvalue weighted by molar-refractivity contribution is 5.99. The van der Waals surface area contributed by atoms with E-state index in [1.54, 1.807) is 30.3 Å². The van der Waals surface area contributed by atoms with Gasteiger partial charge in [0.25, 0.3) is 29.5 Å². The minimum Gasteiger partial charge on any atom is -0.489 e. The number of para-hydroxylation sites is 1. The zero-order chi connectivity index (χ0) is 63.6. The Balaban J connectivity index is 1.36. The lowest BCUT2D eigenvalue weighted by molar-refractivity contribution is -0.161. The largest absolute Gasteiger partial charge is 0.489 e. The molecule has 0 saturated carbocycles. The van der Waals surface area contributed by atoms with E-state index in [1.807, 2.05) is 30.3 Å². The van der Waals surface area contributed by atoms with Gasteiger partial charge in [-0.1, -0.05) is 121 Å². The molecule has 7 atom stereocenters. The first-order valence-corrected chi connectivity index (χ1v) is 28.0. The second-order valence-corrected chi connectivity index (χ2v) is 20.6. The third-order valence-electron chi connectivity index (χ3n) is 15.1. The van der Waals surface area contributed by atoms with Crippen molar-refractivity contribution in [2.45, 2.75) is 93.9 Å². The molecule has 0 spiro atoms. The minimum absolute atomic E-state index is 0.0207. The molecule has 2 fully saturated rings. The first-order chi connectivity index (χ1) is 43.2. The lowest BCUT2D eigenvalue weighted by atomic mass is 9.98. The number of aromatic amines is 1. The van der Waals surface area contributed by atoms with Gasteiger partial charge in [-0.3, -0.25) is 28.8 Å². The Morgan fingerprint density at radius 3 is 1.64 bits per heavy atom. The Morgan fingerprint density at radius 2 is 1.06 bits per heavy atom. The minimum atomic E-state index is -2.40. The summed E-state index contributed by atoms with van der Waals surface area (Å²) in [6.07, 6.45) is -5.11. The number of carbonyl (C=O) groups is 7. The standard InChI is InChI=1S/C58H60N16O15/c59-27-13-12-22-46-53(76)72(65-85)49(31-38-23-25-42(26-24-38)88-36-39-16-6-2-7-17-39)55(78)71(64-84)48(30-37-14-4-1-5-15-37)52(75)68-35-43(89-58(81)69(62-82)29-28-60)33-47(68)54(77)74(67-87)51(40-18-8-3-9-19-40)57(80)73(66-86)50(56(79)70(46)63-83)32-41-34-61-45-21-11-10-20-44(41)45/h1-11,14-21,23-26,34,43,46-51,61H,12-13,22,27-33,35-36,59-60H2/t43-,46+,47+,48+,49+,50-,51+/m1/s1. The molecule has 5 N–H and O–H groups in total. The van der Waals surface area contributed by atoms with E-state index in [0.717, 1.165) is 5.56 Å². The number of nitrogens with one attached hydrogen (secondary N) is 1. The highest BCUT2D eigenvalue weighted by Gasteiger charge is 2.53. The van der Waals surface area contributed by atoms with Crippen molar-refractivity contribution in [3.63, 3.8) is 0 Å². The molecule has 2 aliphatic rings. The van der Waals surface area contributed by atoms with Crippen LogP contribution in [0.3, 0.4) is 0 Å². The quantitative estimate of drug-likeness (QED) is 0.0391. The summed E-state index contributed by atoms with van der Waals surface area (Å²) >= 11 is 0. The number of carbonyl (C=O) groups excluding carboxylic acids is 7. The lowest BCUT2D eigenvalue weighted by Crippen LogP contribution is -2.61. The Labute approximate surface area is 505 Å². The number of aromatic nitrogens is 1. The highest BCUT2D eigenvalue weighted by Crippen LogP contribution is 2.34. The normalized spacial score (nSPS) is 20.6. The van der Waals surface area contributed by atoms with Crippen LogP contribution in [0.1, 0.15) is 59.5 Å². The van der Waals surface area contributed by atoms with Crippen LogP contribution < -0.4 is 16.2 Å². The van der Waals surface area contributed by atoms with Gasteiger partial charge in [0.1, 0.15) is 48.7 Å². The van der Waals surface area contributed by atoms with Crippen molar-refractivity contribution in [3.8, 4) is 5.75 Å². The van der Waals surface area contributed by atoms with Gasteiger partial charge in [0.2, 0.25) is 5.91 Å². The van der Waals surface area contributed by atoms with E-state index < -0.39 is 129 Å². The van der Waals surface area contributed by atoms with E-state index >= 15 is 28.8 Å². The van der Waals surface area contributed by atoms with Gasteiger partial charge in [-0.15, -0.1) is 29.4 Å². The molecule has 0 unspecified atom stereocenters. The van der Waals surface area contributed by atoms with E-state index in [-0.39, 0.29) is 79.8 Å². The number of nitrogens with zero attached hydrogens (tertiary/aromatic N) is 13. The predicted molar refractivity (Wildman–Crippen MR) is 315 cm³/mol. The van der Waals surface area contributed by atoms with Gasteiger partial charge in [0, 0.05) is 49.3 Å². The summed E-state index contributed by atoms with van der Waals surface area (Å²) in [5.41, 5.74) is 13.1. The summed E-state index contributed by atoms with van der Waals surface area (Å²) in [5.74, 6) is -8.97. The topological polar surface area (TPSA) is 405 Å². The molecule has 0 bridgehead atoms. The number of ether oxygens (including phenoxy) is 2. The van der Waals surface area contributed by atoms with Crippen molar-refractivity contribution >= 4 is 52.4 Å². The fourth-order valence-corrected chi connectivity index (χ4v) is 10.7. The molecule has 0 radical (unpaired) electrons. The number of rotatable bonds is 23. The number of hydrogen-bond acceptors (Lipinski definition) is 23. The Morgan fingerprint density at radius 1 is 0.539 bits per heavy atom. The van der Waals surface area contributed by atoms with Crippen LogP contribution in [0.5, 0.6) is 5.75 Å². The van der Waals surface area contributed by atoms with Crippen LogP contribution in [0.4, 0.5) is 4.79 Å². The first kappa shape index (κ1) is 64.1. The SMILES string of the molecule is NCCCC[C@H]1C(=O)N(N=O)[C@@H](Cc2ccc(OCc3ccccc3)cc2)C(=O)N(N=O)[C@@H](Cc2ccccc2)C(=O)N2C[C@H](OC(=O)N(CCN)N=O)C[C@H]2C(=O)N(N=O)[C@@H](c2ccccc2)C(=O)N(N=O)[C@H](Cc2c[nH]c3ccccc23)C(=O)N1N=O. The average Bonchev–Trinajstić information content (AvgIpc) is 1.93. The van der Waals surface area contributed by atoms with Gasteiger partial charge in [-0.05, 0) is 71.8 Å². The lowest BCUT2D eigenvalue weighted by Gasteiger charge is -2.37. The van der Waals surface area contributed by atoms with Crippen molar-refractivity contribution in [1.82, 2.24) is 39.9 Å². The summed E-state index contributed by atoms with van der Waals surface area (Å²) in [4.78, 5) is 191. The van der Waals surface area contributed by atoms with Crippen molar-refractivity contribution in [2.75, 3.05) is 26.2 Å². The molecule has 8 rings (SSSR count). The number of benzene rings is 5. The van der Waals surface area contributed by atoms with Gasteiger partial charge in [0.15, 0.2) is 6.04 Å². The summed E-state index contributed by atoms with van der Waals surface area (Å²) in [6.45, 7) is -1.47. The monoisotopic (exact) mass is 1220 g/mol. The maximum atomic E-state index is 15.8. The number of H-pyrrole nitrogens is 1. The smallest absolute Gasteiger partial charge is 0.433 e. The molecule has 89 heavy (non-hydrogen) atoms. The Bertz CT molecular complexity index is 3530. The van der Waals surface area contributed by atoms with E-state index in [0.29, 0.717) is 26.6 Å². The predicted octanol–water partition coefficient (Wildman–Crippen LogP) is 5.73. The molecule has 6 aromatic rings. The van der Waals surface area contributed by atoms with Crippen LogP contribution in [-0.4, -0.2) is 144 Å². The third-order valence-corrected chi connectivity index (χ3v) is 15.1. The second kappa shape index (κ2) is 30.4. The molecule has 31 nitrogen and oxygen atoms in total. The molecule has 1 aromatic heterocycles. The zero-order valence-corrected chi connectivity index (χ0v) is 47.5. The first-order valence-electron chi connectivity index (χ1n) is 28.0. The van der Waals surface area contributed by atoms with Crippen LogP contribution in [0.25, 0.3) is 10.9 Å². The molecular formula is C58H60N16O15. The van der Waals surface area contributed by atoms with Gasteiger partial charge in [0.05, 0.1) is 44.8 Å². The zero-order valence-electron chi connectivity index (χ0n) is 47.5. The fourth-order valence-electron chi connectivity index (χ4n) is 10.7. The average molecular weight is 1220 g/mol. The van der Waals surface area contributed by atoms with Gasteiger partial charge in [-0.25, -0.2) is 4.79 Å². The van der Waals surface area contributed by atoms with E-state index in [4.69, 9.17) is 20.9 Å². The van der Waals surface area contributed by atoms with Gasteiger partial charge in [-0.2, -0.15) is 30.1 Å². The van der Waals surface area contributed by atoms with Crippen molar-refractivity contribution in [2.24, 2.45) is 43.2 Å². The second-order valence-electron chi connectivity index (χ2n) is 20.6. The Hall–Kier alpha value is -11.0. The third kappa shape index (κ3) is 14.7. The van der Waals surface area contributed by atoms with Crippen LogP contribution in [0, 0.1) is 29.4 Å². The number of hydrogen-bond donors (Lipinski definition) is 3. The van der Waals surface area contributed by atoms with Gasteiger partial charge < -0.3 is 30.8 Å². The molecular weight excluding hydrogens is 1160 g/mol. The van der Waals surface area contributed by atoms with Crippen LogP contribution in [0.15, 0.2) is 177 Å². The molecule has 462 valence electrons. The van der Waals surface area contributed by atoms with Crippen LogP contribution >= 0.6 is 0 Å². The molecule has 31 heteroatoms. The number of nitroso groups, excluding NO2 is 6. The Kier molecular flexibility index (Phi) is 21.9. The molecule has 7 amide bonds. The summed E-state index contributed by atoms with van der Waals surface area (Å²) in [5, 5.41) is 18.5. The molecule has 2 aliphatic heterocycles. The summed E-state index contributed by atoms with van der Waals surface area (Å²) in [6, 6.07) is 22.2. The van der Waals surface area contributed by atoms with E-state index in [2.05, 4.69) is 36.7 Å². The molecule has 3 heterocycles. The summed E-state index contributed by atoms with van der Waals surface area (Å²) in [7, 11) is 0. The number of fused-ring (bicyclic) bond motifs is 2. The highest BCUT2D eigenvalue weighted by atomic mass is 16.6. The van der Waals surface area contributed by atoms with Crippen molar-refractivity contribution in [1.29, 1.82) is 0 Å². The van der Waals surface area contributed by atoms with Crippen LogP contribution in [-0.2, 0) is 59.4 Å². The number of unbranched alkanes of at least 4 members (excludes halogenated alkanes) is 1. The van der Waals surface area contributed by atoms with Crippen molar-refractivity contribution in [3.05, 3.63) is 203 Å². The van der Waals surface area contributed by atoms with E-state index in [1.165, 1.54) is 85.1 Å². The maximum Gasteiger partial charge on any atom is 0.433 e. The maximum absolute atomic E-state index is 15.8. The van der Waals surface area contributed by atoms with Gasteiger partial charge >= 0.3 is 6.09 Å². The summed E-state index contributed by atoms with van der Waals surface area (Å²) < 4.78 is 11.5.